The van der Waals surface area contributed by atoms with Gasteiger partial charge in [-0.05, 0) is 44.6 Å². The lowest BCUT2D eigenvalue weighted by Gasteiger charge is -2.25. The Hall–Kier alpha value is -0.870. The van der Waals surface area contributed by atoms with Gasteiger partial charge in [0.15, 0.2) is 0 Å². The maximum absolute atomic E-state index is 9.45. The first-order valence-corrected chi connectivity index (χ1v) is 7.18. The van der Waals surface area contributed by atoms with Crippen molar-refractivity contribution in [3.63, 3.8) is 0 Å². The summed E-state index contributed by atoms with van der Waals surface area (Å²) in [4.78, 5) is 0. The molecule has 2 rings (SSSR count). The number of rotatable bonds is 6. The molecule has 0 aromatic carbocycles. The second kappa shape index (κ2) is 6.90. The molecular formula is C14H25N3O. The molecule has 0 unspecified atom stereocenters. The molecule has 1 aromatic rings. The molecule has 1 fully saturated rings. The molecule has 2 N–H and O–H groups in total. The van der Waals surface area contributed by atoms with Crippen molar-refractivity contribution in [1.82, 2.24) is 15.1 Å². The van der Waals surface area contributed by atoms with Gasteiger partial charge in [-0.15, -0.1) is 0 Å². The van der Waals surface area contributed by atoms with Gasteiger partial charge in [-0.3, -0.25) is 4.68 Å². The minimum Gasteiger partial charge on any atom is -0.393 e. The van der Waals surface area contributed by atoms with Gasteiger partial charge in [-0.2, -0.15) is 5.10 Å². The fraction of sp³-hybridized carbons (Fsp3) is 0.786. The van der Waals surface area contributed by atoms with Gasteiger partial charge < -0.3 is 10.4 Å². The Morgan fingerprint density at radius 1 is 1.39 bits per heavy atom. The predicted molar refractivity (Wildman–Crippen MR) is 72.2 cm³/mol. The van der Waals surface area contributed by atoms with Crippen LogP contribution in [0.25, 0.3) is 0 Å². The summed E-state index contributed by atoms with van der Waals surface area (Å²) in [6, 6.07) is 0. The topological polar surface area (TPSA) is 50.1 Å². The van der Waals surface area contributed by atoms with Gasteiger partial charge in [0.05, 0.1) is 12.3 Å². The third kappa shape index (κ3) is 4.10. The molecule has 1 aromatic heterocycles. The molecule has 1 aliphatic carbocycles. The van der Waals surface area contributed by atoms with E-state index in [4.69, 9.17) is 0 Å². The van der Waals surface area contributed by atoms with Crippen LogP contribution < -0.4 is 5.32 Å². The summed E-state index contributed by atoms with van der Waals surface area (Å²) in [5, 5.41) is 17.3. The number of aryl methyl sites for hydroxylation is 1. The Labute approximate surface area is 109 Å². The van der Waals surface area contributed by atoms with Gasteiger partial charge in [0, 0.05) is 24.8 Å². The Morgan fingerprint density at radius 3 is 2.89 bits per heavy atom. The molecule has 1 saturated carbocycles. The second-order valence-corrected chi connectivity index (χ2v) is 5.42. The van der Waals surface area contributed by atoms with Crippen molar-refractivity contribution < 1.29 is 5.11 Å². The van der Waals surface area contributed by atoms with Crippen LogP contribution in [0.1, 0.15) is 44.6 Å². The summed E-state index contributed by atoms with van der Waals surface area (Å²) >= 11 is 0. The van der Waals surface area contributed by atoms with Crippen LogP contribution in [0.15, 0.2) is 12.4 Å². The molecule has 18 heavy (non-hydrogen) atoms. The largest absolute Gasteiger partial charge is 0.393 e. The quantitative estimate of drug-likeness (QED) is 0.812. The lowest BCUT2D eigenvalue weighted by molar-refractivity contribution is 0.108. The number of nitrogens with one attached hydrogen (secondary N) is 1. The lowest BCUT2D eigenvalue weighted by atomic mass is 9.87. The van der Waals surface area contributed by atoms with E-state index < -0.39 is 0 Å². The first kappa shape index (κ1) is 13.6. The smallest absolute Gasteiger partial charge is 0.0540 e. The number of nitrogens with zero attached hydrogens (tertiary/aromatic N) is 2. The van der Waals surface area contributed by atoms with Crippen LogP contribution in [0.3, 0.4) is 0 Å². The molecule has 0 bridgehead atoms. The monoisotopic (exact) mass is 251 g/mol. The van der Waals surface area contributed by atoms with Crippen LogP contribution in [0, 0.1) is 5.92 Å². The van der Waals surface area contributed by atoms with E-state index in [1.807, 2.05) is 10.9 Å². The molecule has 4 heteroatoms. The SMILES string of the molecule is CCCn1cc(CNCC2CCC(O)CC2)cn1. The normalized spacial score (nSPS) is 24.3. The highest BCUT2D eigenvalue weighted by molar-refractivity contribution is 5.03. The molecule has 1 aliphatic rings. The van der Waals surface area contributed by atoms with Crippen molar-refractivity contribution in [1.29, 1.82) is 0 Å². The number of aromatic nitrogens is 2. The van der Waals surface area contributed by atoms with Crippen LogP contribution >= 0.6 is 0 Å². The Bertz CT molecular complexity index is 343. The number of aliphatic hydroxyl groups excluding tert-OH is 1. The average Bonchev–Trinajstić information content (AvgIpc) is 2.80. The van der Waals surface area contributed by atoms with Gasteiger partial charge in [-0.1, -0.05) is 6.92 Å². The van der Waals surface area contributed by atoms with Crippen molar-refractivity contribution in [2.75, 3.05) is 6.54 Å². The predicted octanol–water partition coefficient (Wildman–Crippen LogP) is 1.93. The van der Waals surface area contributed by atoms with Gasteiger partial charge in [0.1, 0.15) is 0 Å². The van der Waals surface area contributed by atoms with E-state index in [1.54, 1.807) is 0 Å². The highest BCUT2D eigenvalue weighted by Crippen LogP contribution is 2.23. The zero-order chi connectivity index (χ0) is 12.8. The van der Waals surface area contributed by atoms with E-state index in [0.29, 0.717) is 0 Å². The summed E-state index contributed by atoms with van der Waals surface area (Å²) in [5.41, 5.74) is 1.26. The molecular weight excluding hydrogens is 226 g/mol. The number of hydrogen-bond acceptors (Lipinski definition) is 3. The zero-order valence-electron chi connectivity index (χ0n) is 11.3. The molecule has 4 nitrogen and oxygen atoms in total. The van der Waals surface area contributed by atoms with Crippen LogP contribution in [-0.4, -0.2) is 27.5 Å². The van der Waals surface area contributed by atoms with Gasteiger partial charge in [0.25, 0.3) is 0 Å². The molecule has 0 amide bonds. The van der Waals surface area contributed by atoms with Crippen LogP contribution in [0.2, 0.25) is 0 Å². The number of hydrogen-bond donors (Lipinski definition) is 2. The molecule has 0 aliphatic heterocycles. The summed E-state index contributed by atoms with van der Waals surface area (Å²) in [6.07, 6.45) is 9.41. The average molecular weight is 251 g/mol. The van der Waals surface area contributed by atoms with E-state index in [2.05, 4.69) is 23.5 Å². The summed E-state index contributed by atoms with van der Waals surface area (Å²) in [5.74, 6) is 0.735. The van der Waals surface area contributed by atoms with E-state index >= 15 is 0 Å². The maximum Gasteiger partial charge on any atom is 0.0540 e. The minimum atomic E-state index is -0.0477. The standard InChI is InChI=1S/C14H25N3O/c1-2-7-17-11-13(10-16-17)9-15-8-12-3-5-14(18)6-4-12/h10-12,14-15,18H,2-9H2,1H3. The summed E-state index contributed by atoms with van der Waals surface area (Å²) < 4.78 is 2.01. The third-order valence-electron chi connectivity index (χ3n) is 3.72. The third-order valence-corrected chi connectivity index (χ3v) is 3.72. The fourth-order valence-corrected chi connectivity index (χ4v) is 2.62. The van der Waals surface area contributed by atoms with E-state index in [9.17, 15) is 5.11 Å². The van der Waals surface area contributed by atoms with Crippen molar-refractivity contribution in [2.24, 2.45) is 5.92 Å². The molecule has 102 valence electrons. The van der Waals surface area contributed by atoms with Gasteiger partial charge in [-0.25, -0.2) is 0 Å². The van der Waals surface area contributed by atoms with Crippen molar-refractivity contribution in [3.05, 3.63) is 18.0 Å². The van der Waals surface area contributed by atoms with Gasteiger partial charge >= 0.3 is 0 Å². The van der Waals surface area contributed by atoms with Gasteiger partial charge in [0.2, 0.25) is 0 Å². The highest BCUT2D eigenvalue weighted by Gasteiger charge is 2.18. The molecule has 1 heterocycles. The maximum atomic E-state index is 9.45. The number of aliphatic hydroxyl groups is 1. The Balaban J connectivity index is 1.65. The Kier molecular flexibility index (Phi) is 5.20. The zero-order valence-corrected chi connectivity index (χ0v) is 11.3. The molecule has 0 spiro atoms. The van der Waals surface area contributed by atoms with Crippen LogP contribution in [0.5, 0.6) is 0 Å². The van der Waals surface area contributed by atoms with Crippen LogP contribution in [-0.2, 0) is 13.1 Å². The highest BCUT2D eigenvalue weighted by atomic mass is 16.3. The fourth-order valence-electron chi connectivity index (χ4n) is 2.62. The van der Waals surface area contributed by atoms with Crippen molar-refractivity contribution in [2.45, 2.75) is 58.2 Å². The van der Waals surface area contributed by atoms with Crippen LogP contribution in [0.4, 0.5) is 0 Å². The molecule has 0 saturated heterocycles. The van der Waals surface area contributed by atoms with E-state index in [-0.39, 0.29) is 6.10 Å². The lowest BCUT2D eigenvalue weighted by Crippen LogP contribution is -2.27. The first-order chi connectivity index (χ1) is 8.78. The van der Waals surface area contributed by atoms with Crippen molar-refractivity contribution >= 4 is 0 Å². The summed E-state index contributed by atoms with van der Waals surface area (Å²) in [6.45, 7) is 5.13. The molecule has 0 radical (unpaired) electrons. The minimum absolute atomic E-state index is 0.0477. The molecule has 0 atom stereocenters. The first-order valence-electron chi connectivity index (χ1n) is 7.18. The van der Waals surface area contributed by atoms with E-state index in [0.717, 1.165) is 57.7 Å². The van der Waals surface area contributed by atoms with Crippen molar-refractivity contribution in [3.8, 4) is 0 Å². The Morgan fingerprint density at radius 2 is 2.17 bits per heavy atom. The second-order valence-electron chi connectivity index (χ2n) is 5.42. The summed E-state index contributed by atoms with van der Waals surface area (Å²) in [7, 11) is 0. The van der Waals surface area contributed by atoms with E-state index in [1.165, 1.54) is 5.56 Å².